The van der Waals surface area contributed by atoms with Crippen molar-refractivity contribution in [1.82, 2.24) is 19.7 Å². The first-order valence-electron chi connectivity index (χ1n) is 12.4. The molecule has 1 saturated carbocycles. The van der Waals surface area contributed by atoms with Gasteiger partial charge in [-0.25, -0.2) is 15.0 Å². The van der Waals surface area contributed by atoms with Gasteiger partial charge in [0, 0.05) is 41.2 Å². The van der Waals surface area contributed by atoms with E-state index in [9.17, 15) is 18.3 Å². The van der Waals surface area contributed by atoms with Gasteiger partial charge in [0.25, 0.3) is 0 Å². The average molecular weight is 576 g/mol. The van der Waals surface area contributed by atoms with Crippen molar-refractivity contribution in [2.24, 2.45) is 5.92 Å². The fourth-order valence-electron chi connectivity index (χ4n) is 5.10. The Morgan fingerprint density at radius 3 is 2.90 bits per heavy atom. The lowest BCUT2D eigenvalue weighted by atomic mass is 9.97. The summed E-state index contributed by atoms with van der Waals surface area (Å²) in [6.07, 6.45) is 3.07. The number of nitrogens with zero attached hydrogens (tertiary/aromatic N) is 3. The summed E-state index contributed by atoms with van der Waals surface area (Å²) in [5.74, 6) is 0.168. The highest BCUT2D eigenvalue weighted by Gasteiger charge is 2.35. The molecule has 208 valence electrons. The third-order valence-corrected chi connectivity index (χ3v) is 8.64. The van der Waals surface area contributed by atoms with Gasteiger partial charge in [-0.2, -0.15) is 13.1 Å². The molecule has 5 rings (SSSR count). The summed E-state index contributed by atoms with van der Waals surface area (Å²) < 4.78 is 44.4. The minimum absolute atomic E-state index is 0.0991. The number of aliphatic hydroxyl groups is 1. The lowest BCUT2D eigenvalue weighted by Gasteiger charge is -2.25. The maximum Gasteiger partial charge on any atom is 0.333 e. The fourth-order valence-corrected chi connectivity index (χ4v) is 6.52. The maximum atomic E-state index is 13.6. The molecule has 4 heterocycles. The molecule has 0 radical (unpaired) electrons. The molecule has 0 bridgehead atoms. The van der Waals surface area contributed by atoms with Crippen molar-refractivity contribution in [3.05, 3.63) is 62.9 Å². The number of thiophene rings is 1. The van der Waals surface area contributed by atoms with Crippen molar-refractivity contribution in [2.75, 3.05) is 25.6 Å². The van der Waals surface area contributed by atoms with Gasteiger partial charge in [-0.1, -0.05) is 6.07 Å². The summed E-state index contributed by atoms with van der Waals surface area (Å²) in [5.41, 5.74) is 3.01. The first-order valence-corrected chi connectivity index (χ1v) is 14.7. The van der Waals surface area contributed by atoms with Crippen LogP contribution in [0.3, 0.4) is 0 Å². The molecule has 2 aliphatic rings. The van der Waals surface area contributed by atoms with Crippen LogP contribution < -0.4 is 14.8 Å². The average Bonchev–Trinajstić information content (AvgIpc) is 3.47. The normalized spacial score (nSPS) is 22.9. The summed E-state index contributed by atoms with van der Waals surface area (Å²) >= 11 is 1.36. The highest BCUT2D eigenvalue weighted by atomic mass is 32.2. The number of rotatable bonds is 9. The number of aryl methyl sites for hydroxylation is 1. The molecule has 0 saturated heterocycles. The second-order valence-corrected chi connectivity index (χ2v) is 12.1. The number of ether oxygens (including phenoxy) is 2. The van der Waals surface area contributed by atoms with Crippen LogP contribution in [0.25, 0.3) is 0 Å². The van der Waals surface area contributed by atoms with Crippen molar-refractivity contribution in [2.45, 2.75) is 44.4 Å². The number of hydrogen-bond donors (Lipinski definition) is 4. The Kier molecular flexibility index (Phi) is 7.94. The zero-order chi connectivity index (χ0) is 27.7. The lowest BCUT2D eigenvalue weighted by Crippen LogP contribution is -2.32. The van der Waals surface area contributed by atoms with Gasteiger partial charge >= 0.3 is 10.3 Å². The van der Waals surface area contributed by atoms with Gasteiger partial charge in [-0.3, -0.25) is 9.35 Å². The Balaban J connectivity index is 1.35. The quantitative estimate of drug-likeness (QED) is 0.217. The number of methoxy groups -OCH3 is 1. The molecule has 0 aromatic carbocycles. The molecule has 39 heavy (non-hydrogen) atoms. The fraction of sp³-hybridized carbons (Fsp3) is 0.440. The van der Waals surface area contributed by atoms with Crippen LogP contribution in [0.15, 0.2) is 30.7 Å². The number of fused-ring (bicyclic) bond motifs is 1. The monoisotopic (exact) mass is 575 g/mol. The molecule has 3 aromatic heterocycles. The molecule has 0 unspecified atom stereocenters. The SMILES string of the molecule is COc1ccc2c(n1)[C@@H](c1cc(C(=O)c3cncnc3N[C@@H]3C[C@H](CNS(=O)(=O)O)[C@@H](O)C3)sc1C)OCC2. The number of carbonyl (C=O) groups is 1. The van der Waals surface area contributed by atoms with Gasteiger partial charge in [0.05, 0.1) is 36.0 Å². The van der Waals surface area contributed by atoms with Crippen molar-refractivity contribution in [3.8, 4) is 5.88 Å². The Morgan fingerprint density at radius 2 is 2.13 bits per heavy atom. The van der Waals surface area contributed by atoms with Crippen LogP contribution in [-0.4, -0.2) is 71.2 Å². The van der Waals surface area contributed by atoms with E-state index in [1.165, 1.54) is 23.9 Å². The smallest absolute Gasteiger partial charge is 0.333 e. The third-order valence-electron chi connectivity index (χ3n) is 7.05. The molecule has 1 aliphatic heterocycles. The van der Waals surface area contributed by atoms with Crippen LogP contribution in [0.4, 0.5) is 5.82 Å². The highest BCUT2D eigenvalue weighted by molar-refractivity contribution is 7.83. The van der Waals surface area contributed by atoms with E-state index in [-0.39, 0.29) is 23.9 Å². The lowest BCUT2D eigenvalue weighted by molar-refractivity contribution is 0.0658. The third kappa shape index (κ3) is 6.10. The summed E-state index contributed by atoms with van der Waals surface area (Å²) in [6, 6.07) is 5.39. The number of ketones is 1. The van der Waals surface area contributed by atoms with E-state index in [1.54, 1.807) is 7.11 Å². The summed E-state index contributed by atoms with van der Waals surface area (Å²) in [5, 5.41) is 13.6. The summed E-state index contributed by atoms with van der Waals surface area (Å²) in [6.45, 7) is 2.38. The van der Waals surface area contributed by atoms with E-state index in [2.05, 4.69) is 20.3 Å². The molecule has 4 atom stereocenters. The summed E-state index contributed by atoms with van der Waals surface area (Å²) in [4.78, 5) is 28.0. The van der Waals surface area contributed by atoms with E-state index in [0.29, 0.717) is 36.0 Å². The highest BCUT2D eigenvalue weighted by Crippen LogP contribution is 2.38. The molecule has 4 N–H and O–H groups in total. The van der Waals surface area contributed by atoms with Crippen molar-refractivity contribution < 1.29 is 32.3 Å². The predicted octanol–water partition coefficient (Wildman–Crippen LogP) is 2.09. The Morgan fingerprint density at radius 1 is 1.31 bits per heavy atom. The van der Waals surface area contributed by atoms with Crippen LogP contribution in [0.1, 0.15) is 55.9 Å². The van der Waals surface area contributed by atoms with Gasteiger partial charge in [0.1, 0.15) is 18.2 Å². The Bertz CT molecular complexity index is 1480. The van der Waals surface area contributed by atoms with Gasteiger partial charge in [-0.05, 0) is 37.8 Å². The van der Waals surface area contributed by atoms with Crippen molar-refractivity contribution in [1.29, 1.82) is 0 Å². The molecule has 1 aliphatic carbocycles. The minimum Gasteiger partial charge on any atom is -0.481 e. The molecule has 1 fully saturated rings. The number of nitrogens with one attached hydrogen (secondary N) is 2. The number of aromatic nitrogens is 3. The largest absolute Gasteiger partial charge is 0.481 e. The van der Waals surface area contributed by atoms with Crippen LogP contribution in [0.5, 0.6) is 5.88 Å². The van der Waals surface area contributed by atoms with Crippen LogP contribution >= 0.6 is 11.3 Å². The Labute approximate surface area is 229 Å². The zero-order valence-corrected chi connectivity index (χ0v) is 23.0. The predicted molar refractivity (Wildman–Crippen MR) is 143 cm³/mol. The molecule has 0 amide bonds. The number of aliphatic hydroxyl groups excluding tert-OH is 1. The number of pyridine rings is 1. The second-order valence-electron chi connectivity index (χ2n) is 9.60. The number of anilines is 1. The van der Waals surface area contributed by atoms with Crippen LogP contribution in [0, 0.1) is 12.8 Å². The number of carbonyl (C=O) groups excluding carboxylic acids is 1. The van der Waals surface area contributed by atoms with E-state index in [1.807, 2.05) is 29.8 Å². The first-order chi connectivity index (χ1) is 18.6. The van der Waals surface area contributed by atoms with Crippen molar-refractivity contribution >= 4 is 33.2 Å². The van der Waals surface area contributed by atoms with Crippen molar-refractivity contribution in [3.63, 3.8) is 0 Å². The maximum absolute atomic E-state index is 13.6. The molecule has 3 aromatic rings. The van der Waals surface area contributed by atoms with E-state index in [0.717, 1.165) is 28.1 Å². The van der Waals surface area contributed by atoms with E-state index in [4.69, 9.17) is 14.0 Å². The second kappa shape index (κ2) is 11.2. The molecule has 12 nitrogen and oxygen atoms in total. The Hall–Kier alpha value is -3.01. The molecular weight excluding hydrogens is 546 g/mol. The van der Waals surface area contributed by atoms with Gasteiger partial charge in [-0.15, -0.1) is 11.3 Å². The summed E-state index contributed by atoms with van der Waals surface area (Å²) in [7, 11) is -2.79. The van der Waals surface area contributed by atoms with E-state index >= 15 is 0 Å². The van der Waals surface area contributed by atoms with Crippen LogP contribution in [-0.2, 0) is 21.5 Å². The van der Waals surface area contributed by atoms with Gasteiger partial charge < -0.3 is 19.9 Å². The zero-order valence-electron chi connectivity index (χ0n) is 21.3. The van der Waals surface area contributed by atoms with Crippen LogP contribution in [0.2, 0.25) is 0 Å². The molecule has 0 spiro atoms. The van der Waals surface area contributed by atoms with Gasteiger partial charge in [0.15, 0.2) is 0 Å². The first kappa shape index (κ1) is 27.6. The minimum atomic E-state index is -4.35. The molecule has 14 heteroatoms. The topological polar surface area (TPSA) is 173 Å². The van der Waals surface area contributed by atoms with E-state index < -0.39 is 28.4 Å². The standard InChI is InChI=1S/C25H29N5O7S2/c1-13-17(24-22-14(5-6-37-24)3-4-21(30-22)36-2)9-20(38-13)23(32)18-11-26-12-27-25(18)29-16-7-15(19(31)8-16)10-28-39(33,34)35/h3-4,9,11-12,15-16,19,24,28,31H,5-8,10H2,1-2H3,(H,26,27,29)(H,33,34,35)/t15-,16-,19+,24-/m1/s1. The molecular formula is C25H29N5O7S2. The van der Waals surface area contributed by atoms with Gasteiger partial charge in [0.2, 0.25) is 11.7 Å². The number of hydrogen-bond acceptors (Lipinski definition) is 11.